The van der Waals surface area contributed by atoms with E-state index in [0.29, 0.717) is 23.2 Å². The molecule has 96 valence electrons. The van der Waals surface area contributed by atoms with Gasteiger partial charge in [0.15, 0.2) is 0 Å². The van der Waals surface area contributed by atoms with Crippen molar-refractivity contribution in [3.05, 3.63) is 29.8 Å². The van der Waals surface area contributed by atoms with Gasteiger partial charge >= 0.3 is 0 Å². The van der Waals surface area contributed by atoms with Crippen molar-refractivity contribution in [2.45, 2.75) is 32.1 Å². The standard InChI is InChI=1S/C16H16N2O/c17-10-13-3-1-2-4-16(13)18-14-6-11-5-12(7-14)9-15(19)8-11/h1-4,11-12H,5-9H2/t11-,12+. The van der Waals surface area contributed by atoms with Gasteiger partial charge in [-0.1, -0.05) is 12.1 Å². The Morgan fingerprint density at radius 3 is 2.47 bits per heavy atom. The first-order chi connectivity index (χ1) is 9.24. The van der Waals surface area contributed by atoms with Gasteiger partial charge in [-0.05, 0) is 43.2 Å². The average Bonchev–Trinajstić information content (AvgIpc) is 2.38. The molecule has 3 rings (SSSR count). The van der Waals surface area contributed by atoms with E-state index in [1.807, 2.05) is 18.2 Å². The Balaban J connectivity index is 1.85. The number of fused-ring (bicyclic) bond motifs is 2. The monoisotopic (exact) mass is 252 g/mol. The van der Waals surface area contributed by atoms with Crippen LogP contribution in [0, 0.1) is 23.2 Å². The van der Waals surface area contributed by atoms with E-state index in [9.17, 15) is 4.79 Å². The van der Waals surface area contributed by atoms with Crippen molar-refractivity contribution >= 4 is 17.2 Å². The summed E-state index contributed by atoms with van der Waals surface area (Å²) in [5.74, 6) is 1.37. The third-order valence-electron chi connectivity index (χ3n) is 4.05. The largest absolute Gasteiger partial charge is 0.300 e. The lowest BCUT2D eigenvalue weighted by molar-refractivity contribution is -0.123. The first-order valence-corrected chi connectivity index (χ1v) is 6.82. The van der Waals surface area contributed by atoms with Gasteiger partial charge in [-0.25, -0.2) is 0 Å². The Bertz CT molecular complexity index is 565. The zero-order valence-corrected chi connectivity index (χ0v) is 10.8. The molecule has 1 aromatic carbocycles. The second kappa shape index (κ2) is 4.97. The van der Waals surface area contributed by atoms with Crippen molar-refractivity contribution in [1.29, 1.82) is 5.26 Å². The minimum absolute atomic E-state index is 0.415. The zero-order valence-electron chi connectivity index (χ0n) is 10.8. The SMILES string of the molecule is N#Cc1ccccc1N=C1C[C@H]2CC(=O)C[C@@H](C1)C2. The molecule has 0 amide bonds. The smallest absolute Gasteiger partial charge is 0.133 e. The van der Waals surface area contributed by atoms with Crippen molar-refractivity contribution < 1.29 is 4.79 Å². The average molecular weight is 252 g/mol. The quantitative estimate of drug-likeness (QED) is 0.769. The lowest BCUT2D eigenvalue weighted by Gasteiger charge is -2.34. The summed E-state index contributed by atoms with van der Waals surface area (Å²) in [6.45, 7) is 0. The Kier molecular flexibility index (Phi) is 3.16. The fourth-order valence-electron chi connectivity index (χ4n) is 3.35. The van der Waals surface area contributed by atoms with Gasteiger partial charge in [0, 0.05) is 18.6 Å². The fraction of sp³-hybridized carbons (Fsp3) is 0.438. The zero-order chi connectivity index (χ0) is 13.2. The number of nitrogens with zero attached hydrogens (tertiary/aromatic N) is 2. The highest BCUT2D eigenvalue weighted by atomic mass is 16.1. The summed E-state index contributed by atoms with van der Waals surface area (Å²) in [6.07, 6.45) is 4.44. The van der Waals surface area contributed by atoms with Crippen LogP contribution in [-0.2, 0) is 4.79 Å². The summed E-state index contributed by atoms with van der Waals surface area (Å²) in [7, 11) is 0. The topological polar surface area (TPSA) is 53.2 Å². The van der Waals surface area contributed by atoms with Crippen molar-refractivity contribution in [2.24, 2.45) is 16.8 Å². The van der Waals surface area contributed by atoms with Gasteiger partial charge in [-0.2, -0.15) is 5.26 Å². The van der Waals surface area contributed by atoms with Crippen molar-refractivity contribution in [2.75, 3.05) is 0 Å². The third-order valence-corrected chi connectivity index (χ3v) is 4.05. The Morgan fingerprint density at radius 1 is 1.11 bits per heavy atom. The lowest BCUT2D eigenvalue weighted by Crippen LogP contribution is -2.31. The highest BCUT2D eigenvalue weighted by Crippen LogP contribution is 2.38. The van der Waals surface area contributed by atoms with Crippen LogP contribution >= 0.6 is 0 Å². The first-order valence-electron chi connectivity index (χ1n) is 6.82. The molecular weight excluding hydrogens is 236 g/mol. The molecule has 2 atom stereocenters. The summed E-state index contributed by atoms with van der Waals surface area (Å²) in [6, 6.07) is 9.64. The molecule has 0 aromatic heterocycles. The molecule has 3 heteroatoms. The molecule has 1 aromatic rings. The molecule has 2 aliphatic carbocycles. The van der Waals surface area contributed by atoms with Crippen LogP contribution in [0.3, 0.4) is 0 Å². The second-order valence-corrected chi connectivity index (χ2v) is 5.63. The molecular formula is C16H16N2O. The van der Waals surface area contributed by atoms with E-state index in [1.54, 1.807) is 6.07 Å². The summed E-state index contributed by atoms with van der Waals surface area (Å²) in [5.41, 5.74) is 2.56. The Labute approximate surface area is 113 Å². The van der Waals surface area contributed by atoms with Crippen molar-refractivity contribution in [3.63, 3.8) is 0 Å². The molecule has 2 fully saturated rings. The van der Waals surface area contributed by atoms with E-state index >= 15 is 0 Å². The number of hydrogen-bond acceptors (Lipinski definition) is 3. The van der Waals surface area contributed by atoms with Crippen LogP contribution in [0.15, 0.2) is 29.3 Å². The van der Waals surface area contributed by atoms with Crippen LogP contribution in [0.4, 0.5) is 5.69 Å². The summed E-state index contributed by atoms with van der Waals surface area (Å²) in [4.78, 5) is 16.2. The number of Topliss-reactive ketones (excluding diaryl/α,β-unsaturated/α-hetero) is 1. The maximum Gasteiger partial charge on any atom is 0.133 e. The van der Waals surface area contributed by atoms with Crippen LogP contribution in [0.1, 0.15) is 37.7 Å². The summed E-state index contributed by atoms with van der Waals surface area (Å²) >= 11 is 0. The molecule has 2 bridgehead atoms. The minimum Gasteiger partial charge on any atom is -0.300 e. The molecule has 0 aliphatic heterocycles. The van der Waals surface area contributed by atoms with E-state index in [4.69, 9.17) is 5.26 Å². The van der Waals surface area contributed by atoms with E-state index in [1.165, 1.54) is 6.42 Å². The fourth-order valence-corrected chi connectivity index (χ4v) is 3.35. The van der Waals surface area contributed by atoms with Crippen LogP contribution in [-0.4, -0.2) is 11.5 Å². The summed E-state index contributed by atoms with van der Waals surface area (Å²) < 4.78 is 0. The molecule has 0 radical (unpaired) electrons. The minimum atomic E-state index is 0.415. The number of benzene rings is 1. The molecule has 3 nitrogen and oxygen atoms in total. The van der Waals surface area contributed by atoms with Crippen molar-refractivity contribution in [1.82, 2.24) is 0 Å². The number of carbonyl (C=O) groups is 1. The molecule has 2 aliphatic rings. The van der Waals surface area contributed by atoms with Crippen LogP contribution in [0.5, 0.6) is 0 Å². The normalized spacial score (nSPS) is 28.2. The van der Waals surface area contributed by atoms with E-state index in [2.05, 4.69) is 11.1 Å². The molecule has 0 N–H and O–H groups in total. The number of para-hydroxylation sites is 1. The number of nitriles is 1. The van der Waals surface area contributed by atoms with Crippen LogP contribution in [0.25, 0.3) is 0 Å². The second-order valence-electron chi connectivity index (χ2n) is 5.63. The van der Waals surface area contributed by atoms with Crippen LogP contribution < -0.4 is 0 Å². The predicted molar refractivity (Wildman–Crippen MR) is 73.3 cm³/mol. The molecule has 2 saturated carbocycles. The molecule has 0 unspecified atom stereocenters. The van der Waals surface area contributed by atoms with Crippen molar-refractivity contribution in [3.8, 4) is 6.07 Å². The number of hydrogen-bond donors (Lipinski definition) is 0. The molecule has 19 heavy (non-hydrogen) atoms. The molecule has 0 heterocycles. The maximum atomic E-state index is 11.6. The van der Waals surface area contributed by atoms with Gasteiger partial charge in [-0.15, -0.1) is 0 Å². The number of aliphatic imine (C=N–C) groups is 1. The highest BCUT2D eigenvalue weighted by molar-refractivity contribution is 5.91. The van der Waals surface area contributed by atoms with Gasteiger partial charge < -0.3 is 0 Å². The summed E-state index contributed by atoms with van der Waals surface area (Å²) in [5, 5.41) is 9.08. The number of rotatable bonds is 1. The van der Waals surface area contributed by atoms with Gasteiger partial charge in [0.1, 0.15) is 11.9 Å². The van der Waals surface area contributed by atoms with Gasteiger partial charge in [0.05, 0.1) is 11.3 Å². The third kappa shape index (κ3) is 2.58. The van der Waals surface area contributed by atoms with Crippen LogP contribution in [0.2, 0.25) is 0 Å². The van der Waals surface area contributed by atoms with Gasteiger partial charge in [0.25, 0.3) is 0 Å². The number of carbonyl (C=O) groups excluding carboxylic acids is 1. The van der Waals surface area contributed by atoms with E-state index in [0.717, 1.165) is 37.1 Å². The maximum absolute atomic E-state index is 11.6. The predicted octanol–water partition coefficient (Wildman–Crippen LogP) is 3.41. The highest BCUT2D eigenvalue weighted by Gasteiger charge is 2.33. The number of ketones is 1. The van der Waals surface area contributed by atoms with Gasteiger partial charge in [0.2, 0.25) is 0 Å². The Hall–Kier alpha value is -1.95. The van der Waals surface area contributed by atoms with E-state index in [-0.39, 0.29) is 0 Å². The van der Waals surface area contributed by atoms with Gasteiger partial charge in [-0.3, -0.25) is 9.79 Å². The molecule has 0 spiro atoms. The van der Waals surface area contributed by atoms with E-state index < -0.39 is 0 Å². The first kappa shape index (κ1) is 12.1. The molecule has 0 saturated heterocycles. The Morgan fingerprint density at radius 2 is 1.79 bits per heavy atom. The lowest BCUT2D eigenvalue weighted by atomic mass is 9.71.